The Balaban J connectivity index is 2.42. The first-order chi connectivity index (χ1) is 8.50. The molecule has 3 rings (SSSR count). The Labute approximate surface area is 114 Å². The standard InChI is InChI=1S/C13H13ClN2OS/c1-5-8-9(7-3-4-7)11(12(15)17)18-13(8)16-6(2)10(5)14/h7H,3-4H2,1-2H3,(H2,15,17). The van der Waals surface area contributed by atoms with Gasteiger partial charge >= 0.3 is 0 Å². The van der Waals surface area contributed by atoms with Gasteiger partial charge in [0, 0.05) is 5.39 Å². The maximum atomic E-state index is 11.6. The van der Waals surface area contributed by atoms with E-state index in [1.807, 2.05) is 13.8 Å². The highest BCUT2D eigenvalue weighted by atomic mass is 35.5. The molecule has 0 unspecified atom stereocenters. The number of nitrogens with zero attached hydrogens (tertiary/aromatic N) is 1. The maximum Gasteiger partial charge on any atom is 0.259 e. The number of hydrogen-bond donors (Lipinski definition) is 1. The van der Waals surface area contributed by atoms with E-state index in [0.29, 0.717) is 15.8 Å². The zero-order valence-corrected chi connectivity index (χ0v) is 11.8. The molecule has 1 aliphatic rings. The highest BCUT2D eigenvalue weighted by Gasteiger charge is 2.32. The number of aromatic nitrogens is 1. The summed E-state index contributed by atoms with van der Waals surface area (Å²) in [7, 11) is 0. The summed E-state index contributed by atoms with van der Waals surface area (Å²) in [6, 6.07) is 0. The number of carbonyl (C=O) groups excluding carboxylic acids is 1. The van der Waals surface area contributed by atoms with E-state index in [9.17, 15) is 4.79 Å². The molecule has 3 nitrogen and oxygen atoms in total. The van der Waals surface area contributed by atoms with Crippen molar-refractivity contribution in [1.29, 1.82) is 0 Å². The molecule has 1 fully saturated rings. The first-order valence-electron chi connectivity index (χ1n) is 5.89. The Bertz CT molecular complexity index is 673. The fourth-order valence-electron chi connectivity index (χ4n) is 2.40. The van der Waals surface area contributed by atoms with E-state index in [-0.39, 0.29) is 5.91 Å². The number of aryl methyl sites for hydroxylation is 2. The van der Waals surface area contributed by atoms with Gasteiger partial charge in [-0.2, -0.15) is 0 Å². The molecule has 0 aliphatic heterocycles. The van der Waals surface area contributed by atoms with Crippen molar-refractivity contribution in [3.63, 3.8) is 0 Å². The average molecular weight is 281 g/mol. The van der Waals surface area contributed by atoms with E-state index in [0.717, 1.165) is 39.9 Å². The van der Waals surface area contributed by atoms with Gasteiger partial charge in [0.05, 0.1) is 15.6 Å². The predicted molar refractivity (Wildman–Crippen MR) is 74.6 cm³/mol. The van der Waals surface area contributed by atoms with E-state index in [1.54, 1.807) is 0 Å². The lowest BCUT2D eigenvalue weighted by molar-refractivity contribution is 0.100. The van der Waals surface area contributed by atoms with Crippen LogP contribution >= 0.6 is 22.9 Å². The van der Waals surface area contributed by atoms with Crippen LogP contribution < -0.4 is 5.73 Å². The molecule has 1 saturated carbocycles. The van der Waals surface area contributed by atoms with Crippen molar-refractivity contribution in [2.45, 2.75) is 32.6 Å². The second-order valence-corrected chi connectivity index (χ2v) is 6.18. The molecule has 18 heavy (non-hydrogen) atoms. The van der Waals surface area contributed by atoms with Gasteiger partial charge in [0.15, 0.2) is 0 Å². The normalized spacial score (nSPS) is 15.3. The molecule has 94 valence electrons. The Hall–Kier alpha value is -1.13. The monoisotopic (exact) mass is 280 g/mol. The molecule has 1 amide bonds. The third-order valence-corrected chi connectivity index (χ3v) is 5.10. The first-order valence-corrected chi connectivity index (χ1v) is 7.09. The highest BCUT2D eigenvalue weighted by Crippen LogP contribution is 2.49. The molecule has 2 aromatic rings. The Morgan fingerprint density at radius 3 is 2.67 bits per heavy atom. The lowest BCUT2D eigenvalue weighted by atomic mass is 10.0. The number of thiophene rings is 1. The SMILES string of the molecule is Cc1nc2sc(C(N)=O)c(C3CC3)c2c(C)c1Cl. The first kappa shape index (κ1) is 11.9. The molecule has 0 radical (unpaired) electrons. The fourth-order valence-corrected chi connectivity index (χ4v) is 3.76. The van der Waals surface area contributed by atoms with Crippen molar-refractivity contribution in [2.75, 3.05) is 0 Å². The molecule has 5 heteroatoms. The number of fused-ring (bicyclic) bond motifs is 1. The number of rotatable bonds is 2. The molecular weight excluding hydrogens is 268 g/mol. The van der Waals surface area contributed by atoms with Crippen LogP contribution in [-0.2, 0) is 0 Å². The van der Waals surface area contributed by atoms with E-state index in [1.165, 1.54) is 11.3 Å². The molecule has 0 spiro atoms. The van der Waals surface area contributed by atoms with Crippen molar-refractivity contribution >= 4 is 39.1 Å². The highest BCUT2D eigenvalue weighted by molar-refractivity contribution is 7.20. The Kier molecular flexibility index (Phi) is 2.61. The zero-order valence-electron chi connectivity index (χ0n) is 10.2. The minimum atomic E-state index is -0.354. The van der Waals surface area contributed by atoms with Crippen molar-refractivity contribution < 1.29 is 4.79 Å². The van der Waals surface area contributed by atoms with Gasteiger partial charge < -0.3 is 5.73 Å². The Morgan fingerprint density at radius 2 is 2.11 bits per heavy atom. The van der Waals surface area contributed by atoms with Gasteiger partial charge in [-0.3, -0.25) is 4.79 Å². The predicted octanol–water partition coefficient (Wildman–Crippen LogP) is 3.54. The van der Waals surface area contributed by atoms with Gasteiger partial charge in [0.2, 0.25) is 0 Å². The van der Waals surface area contributed by atoms with Gasteiger partial charge in [-0.15, -0.1) is 11.3 Å². The number of halogens is 1. The maximum absolute atomic E-state index is 11.6. The van der Waals surface area contributed by atoms with E-state index in [2.05, 4.69) is 4.98 Å². The van der Waals surface area contributed by atoms with Gasteiger partial charge in [-0.25, -0.2) is 4.98 Å². The van der Waals surface area contributed by atoms with Gasteiger partial charge in [0.1, 0.15) is 4.83 Å². The van der Waals surface area contributed by atoms with Crippen LogP contribution in [0.2, 0.25) is 5.02 Å². The summed E-state index contributed by atoms with van der Waals surface area (Å²) in [4.78, 5) is 17.6. The molecule has 2 N–H and O–H groups in total. The van der Waals surface area contributed by atoms with Crippen LogP contribution in [-0.4, -0.2) is 10.9 Å². The summed E-state index contributed by atoms with van der Waals surface area (Å²) in [6.45, 7) is 3.87. The summed E-state index contributed by atoms with van der Waals surface area (Å²) in [5, 5.41) is 1.74. The number of amides is 1. The summed E-state index contributed by atoms with van der Waals surface area (Å²) in [5.74, 6) is 0.105. The van der Waals surface area contributed by atoms with Crippen molar-refractivity contribution in [2.24, 2.45) is 5.73 Å². The quantitative estimate of drug-likeness (QED) is 0.915. The van der Waals surface area contributed by atoms with E-state index >= 15 is 0 Å². The van der Waals surface area contributed by atoms with Crippen LogP contribution in [0.5, 0.6) is 0 Å². The van der Waals surface area contributed by atoms with Crippen LogP contribution in [0.15, 0.2) is 0 Å². The van der Waals surface area contributed by atoms with Crippen molar-refractivity contribution in [3.8, 4) is 0 Å². The third-order valence-electron chi connectivity index (χ3n) is 3.43. The molecule has 0 aromatic carbocycles. The molecule has 0 saturated heterocycles. The van der Waals surface area contributed by atoms with Crippen LogP contribution in [0.4, 0.5) is 0 Å². The van der Waals surface area contributed by atoms with Gasteiger partial charge in [-0.1, -0.05) is 11.6 Å². The summed E-state index contributed by atoms with van der Waals surface area (Å²) >= 11 is 7.66. The summed E-state index contributed by atoms with van der Waals surface area (Å²) in [6.07, 6.45) is 2.24. The van der Waals surface area contributed by atoms with Crippen molar-refractivity contribution in [3.05, 3.63) is 26.7 Å². The zero-order chi connectivity index (χ0) is 13.0. The molecule has 2 aromatic heterocycles. The average Bonchev–Trinajstić information content (AvgIpc) is 3.07. The van der Waals surface area contributed by atoms with E-state index in [4.69, 9.17) is 17.3 Å². The number of hydrogen-bond acceptors (Lipinski definition) is 3. The minimum Gasteiger partial charge on any atom is -0.365 e. The number of pyridine rings is 1. The second kappa shape index (κ2) is 3.93. The van der Waals surface area contributed by atoms with Crippen molar-refractivity contribution in [1.82, 2.24) is 4.98 Å². The molecule has 2 heterocycles. The molecule has 0 atom stereocenters. The number of nitrogens with two attached hydrogens (primary N) is 1. The summed E-state index contributed by atoms with van der Waals surface area (Å²) in [5.41, 5.74) is 8.38. The number of carbonyl (C=O) groups is 1. The lowest BCUT2D eigenvalue weighted by Crippen LogP contribution is -2.10. The minimum absolute atomic E-state index is 0.354. The molecule has 0 bridgehead atoms. The van der Waals surface area contributed by atoms with Crippen LogP contribution in [0.25, 0.3) is 10.2 Å². The van der Waals surface area contributed by atoms with E-state index < -0.39 is 0 Å². The largest absolute Gasteiger partial charge is 0.365 e. The smallest absolute Gasteiger partial charge is 0.259 e. The van der Waals surface area contributed by atoms with Gasteiger partial charge in [-0.05, 0) is 43.7 Å². The molecule has 1 aliphatic carbocycles. The van der Waals surface area contributed by atoms with Gasteiger partial charge in [0.25, 0.3) is 5.91 Å². The summed E-state index contributed by atoms with van der Waals surface area (Å²) < 4.78 is 0. The van der Waals surface area contributed by atoms with Crippen LogP contribution in [0.3, 0.4) is 0 Å². The molecular formula is C13H13ClN2OS. The topological polar surface area (TPSA) is 56.0 Å². The fraction of sp³-hybridized carbons (Fsp3) is 0.385. The Morgan fingerprint density at radius 1 is 1.44 bits per heavy atom. The third kappa shape index (κ3) is 1.63. The number of primary amides is 1. The van der Waals surface area contributed by atoms with Crippen LogP contribution in [0.1, 0.15) is 45.3 Å². The van der Waals surface area contributed by atoms with Crippen LogP contribution in [0, 0.1) is 13.8 Å². The lowest BCUT2D eigenvalue weighted by Gasteiger charge is -2.06. The second-order valence-electron chi connectivity index (χ2n) is 4.80.